The number of carbonyl (C=O) groups is 1. The van der Waals surface area contributed by atoms with Crippen LogP contribution in [0.4, 0.5) is 5.69 Å². The number of benzene rings is 2. The van der Waals surface area contributed by atoms with Crippen molar-refractivity contribution in [3.8, 4) is 5.69 Å². The second-order valence-corrected chi connectivity index (χ2v) is 4.95. The number of carbonyl (C=O) groups excluding carboxylic acids is 1. The molecule has 3 rings (SSSR count). The average Bonchev–Trinajstić information content (AvgIpc) is 3.07. The Morgan fingerprint density at radius 3 is 2.73 bits per heavy atom. The monoisotopic (exact) mass is 292 g/mol. The van der Waals surface area contributed by atoms with Gasteiger partial charge >= 0.3 is 0 Å². The molecular formula is C17H16N4O. The number of nitrogen functional groups attached to an aromatic ring is 1. The van der Waals surface area contributed by atoms with E-state index in [9.17, 15) is 4.79 Å². The van der Waals surface area contributed by atoms with Crippen molar-refractivity contribution in [1.82, 2.24) is 14.9 Å². The minimum absolute atomic E-state index is 0.155. The van der Waals surface area contributed by atoms with Crippen LogP contribution < -0.4 is 11.1 Å². The summed E-state index contributed by atoms with van der Waals surface area (Å²) in [5.74, 6) is -0.155. The van der Waals surface area contributed by atoms with E-state index >= 15 is 0 Å². The van der Waals surface area contributed by atoms with Gasteiger partial charge in [-0.3, -0.25) is 4.79 Å². The molecule has 0 atom stereocenters. The zero-order valence-electron chi connectivity index (χ0n) is 11.9. The van der Waals surface area contributed by atoms with E-state index in [1.165, 1.54) is 0 Å². The van der Waals surface area contributed by atoms with Crippen LogP contribution in [0.5, 0.6) is 0 Å². The molecule has 3 N–H and O–H groups in total. The molecule has 2 aromatic carbocycles. The van der Waals surface area contributed by atoms with E-state index in [0.29, 0.717) is 17.8 Å². The van der Waals surface area contributed by atoms with Crippen LogP contribution in [0, 0.1) is 0 Å². The molecule has 0 aliphatic rings. The van der Waals surface area contributed by atoms with Crippen molar-refractivity contribution in [3.63, 3.8) is 0 Å². The van der Waals surface area contributed by atoms with Gasteiger partial charge in [-0.1, -0.05) is 30.3 Å². The number of imidazole rings is 1. The van der Waals surface area contributed by atoms with Gasteiger partial charge in [-0.05, 0) is 23.8 Å². The smallest absolute Gasteiger partial charge is 0.251 e. The lowest BCUT2D eigenvalue weighted by Crippen LogP contribution is -2.23. The highest BCUT2D eigenvalue weighted by molar-refractivity contribution is 5.95. The van der Waals surface area contributed by atoms with Gasteiger partial charge < -0.3 is 15.6 Å². The molecule has 22 heavy (non-hydrogen) atoms. The summed E-state index contributed by atoms with van der Waals surface area (Å²) in [5.41, 5.74) is 8.82. The van der Waals surface area contributed by atoms with Crippen LogP contribution in [0.1, 0.15) is 15.9 Å². The molecule has 3 aromatic rings. The Kier molecular flexibility index (Phi) is 3.87. The average molecular weight is 292 g/mol. The third kappa shape index (κ3) is 3.15. The first-order valence-electron chi connectivity index (χ1n) is 6.93. The van der Waals surface area contributed by atoms with Crippen molar-refractivity contribution >= 4 is 11.6 Å². The minimum atomic E-state index is -0.155. The van der Waals surface area contributed by atoms with Crippen molar-refractivity contribution in [2.75, 3.05) is 5.73 Å². The van der Waals surface area contributed by atoms with Crippen LogP contribution in [0.3, 0.4) is 0 Å². The van der Waals surface area contributed by atoms with Gasteiger partial charge in [-0.25, -0.2) is 4.98 Å². The molecule has 0 radical (unpaired) electrons. The molecule has 0 saturated heterocycles. The SMILES string of the molecule is Nc1cc(C(=O)NCc2ccccc2)cc(-n2ccnc2)c1. The molecule has 0 aliphatic heterocycles. The normalized spacial score (nSPS) is 10.4. The van der Waals surface area contributed by atoms with Gasteiger partial charge in [-0.2, -0.15) is 0 Å². The van der Waals surface area contributed by atoms with Crippen molar-refractivity contribution in [1.29, 1.82) is 0 Å². The third-order valence-corrected chi connectivity index (χ3v) is 3.30. The molecule has 0 aliphatic carbocycles. The van der Waals surface area contributed by atoms with Gasteiger partial charge in [0, 0.05) is 35.9 Å². The molecule has 0 unspecified atom stereocenters. The highest BCUT2D eigenvalue weighted by atomic mass is 16.1. The van der Waals surface area contributed by atoms with Gasteiger partial charge in [0.05, 0.1) is 6.33 Å². The highest BCUT2D eigenvalue weighted by Gasteiger charge is 2.08. The van der Waals surface area contributed by atoms with Crippen LogP contribution >= 0.6 is 0 Å². The summed E-state index contributed by atoms with van der Waals surface area (Å²) < 4.78 is 1.81. The number of anilines is 1. The molecule has 0 bridgehead atoms. The fraction of sp³-hybridized carbons (Fsp3) is 0.0588. The summed E-state index contributed by atoms with van der Waals surface area (Å²) in [6, 6.07) is 15.0. The number of nitrogens with one attached hydrogen (secondary N) is 1. The summed E-state index contributed by atoms with van der Waals surface area (Å²) in [6.45, 7) is 0.481. The molecule has 1 heterocycles. The van der Waals surface area contributed by atoms with Crippen molar-refractivity contribution in [2.24, 2.45) is 0 Å². The molecule has 110 valence electrons. The number of rotatable bonds is 4. The molecule has 5 nitrogen and oxygen atoms in total. The molecule has 0 fully saturated rings. The topological polar surface area (TPSA) is 72.9 Å². The van der Waals surface area contributed by atoms with Crippen LogP contribution in [0.2, 0.25) is 0 Å². The van der Waals surface area contributed by atoms with Gasteiger partial charge in [0.1, 0.15) is 0 Å². The quantitative estimate of drug-likeness (QED) is 0.725. The number of hydrogen-bond acceptors (Lipinski definition) is 3. The lowest BCUT2D eigenvalue weighted by molar-refractivity contribution is 0.0951. The predicted molar refractivity (Wildman–Crippen MR) is 85.6 cm³/mol. The third-order valence-electron chi connectivity index (χ3n) is 3.30. The Labute approximate surface area is 128 Å². The number of aromatic nitrogens is 2. The van der Waals surface area contributed by atoms with E-state index < -0.39 is 0 Å². The Morgan fingerprint density at radius 1 is 1.18 bits per heavy atom. The zero-order chi connectivity index (χ0) is 15.4. The highest BCUT2D eigenvalue weighted by Crippen LogP contribution is 2.16. The van der Waals surface area contributed by atoms with Crippen LogP contribution in [0.25, 0.3) is 5.69 Å². The number of amides is 1. The first kappa shape index (κ1) is 13.9. The van der Waals surface area contributed by atoms with E-state index in [4.69, 9.17) is 5.73 Å². The summed E-state index contributed by atoms with van der Waals surface area (Å²) in [6.07, 6.45) is 5.15. The lowest BCUT2D eigenvalue weighted by Gasteiger charge is -2.09. The Balaban J connectivity index is 1.78. The van der Waals surface area contributed by atoms with E-state index in [-0.39, 0.29) is 5.91 Å². The molecule has 0 spiro atoms. The molecular weight excluding hydrogens is 276 g/mol. The summed E-state index contributed by atoms with van der Waals surface area (Å²) in [5, 5.41) is 2.90. The maximum Gasteiger partial charge on any atom is 0.251 e. The molecule has 1 amide bonds. The molecule has 0 saturated carbocycles. The van der Waals surface area contributed by atoms with Crippen molar-refractivity contribution in [2.45, 2.75) is 6.54 Å². The van der Waals surface area contributed by atoms with Crippen LogP contribution in [-0.2, 0) is 6.54 Å². The van der Waals surface area contributed by atoms with E-state index in [2.05, 4.69) is 10.3 Å². The Hall–Kier alpha value is -3.08. The molecule has 1 aromatic heterocycles. The van der Waals surface area contributed by atoms with Crippen LogP contribution in [-0.4, -0.2) is 15.5 Å². The second-order valence-electron chi connectivity index (χ2n) is 4.95. The summed E-state index contributed by atoms with van der Waals surface area (Å²) in [4.78, 5) is 16.3. The first-order valence-corrected chi connectivity index (χ1v) is 6.93. The Bertz CT molecular complexity index is 767. The van der Waals surface area contributed by atoms with Gasteiger partial charge in [0.25, 0.3) is 5.91 Å². The maximum atomic E-state index is 12.3. The van der Waals surface area contributed by atoms with E-state index in [1.54, 1.807) is 36.9 Å². The standard InChI is InChI=1S/C17H16N4O/c18-15-8-14(9-16(10-15)21-7-6-19-12-21)17(22)20-11-13-4-2-1-3-5-13/h1-10,12H,11,18H2,(H,20,22). The maximum absolute atomic E-state index is 12.3. The fourth-order valence-corrected chi connectivity index (χ4v) is 2.21. The van der Waals surface area contributed by atoms with Crippen molar-refractivity contribution < 1.29 is 4.79 Å². The summed E-state index contributed by atoms with van der Waals surface area (Å²) >= 11 is 0. The minimum Gasteiger partial charge on any atom is -0.399 e. The number of nitrogens with two attached hydrogens (primary N) is 1. The lowest BCUT2D eigenvalue weighted by atomic mass is 10.1. The van der Waals surface area contributed by atoms with Gasteiger partial charge in [0.2, 0.25) is 0 Å². The second kappa shape index (κ2) is 6.13. The Morgan fingerprint density at radius 2 is 2.00 bits per heavy atom. The summed E-state index contributed by atoms with van der Waals surface area (Å²) in [7, 11) is 0. The van der Waals surface area contributed by atoms with Gasteiger partial charge in [0.15, 0.2) is 0 Å². The van der Waals surface area contributed by atoms with Crippen molar-refractivity contribution in [3.05, 3.63) is 78.4 Å². The van der Waals surface area contributed by atoms with E-state index in [0.717, 1.165) is 11.3 Å². The predicted octanol–water partition coefficient (Wildman–Crippen LogP) is 2.38. The molecule has 5 heteroatoms. The van der Waals surface area contributed by atoms with E-state index in [1.807, 2.05) is 34.9 Å². The number of nitrogens with zero attached hydrogens (tertiary/aromatic N) is 2. The largest absolute Gasteiger partial charge is 0.399 e. The number of hydrogen-bond donors (Lipinski definition) is 2. The zero-order valence-corrected chi connectivity index (χ0v) is 11.9. The fourth-order valence-electron chi connectivity index (χ4n) is 2.21. The van der Waals surface area contributed by atoms with Gasteiger partial charge in [-0.15, -0.1) is 0 Å². The first-order chi connectivity index (χ1) is 10.7. The van der Waals surface area contributed by atoms with Crippen LogP contribution in [0.15, 0.2) is 67.3 Å².